The maximum atomic E-state index is 5.50. The Balaban J connectivity index is 1.63. The summed E-state index contributed by atoms with van der Waals surface area (Å²) in [6.45, 7) is 11.5. The summed E-state index contributed by atoms with van der Waals surface area (Å²) in [7, 11) is 1.99. The predicted octanol–water partition coefficient (Wildman–Crippen LogP) is 1.21. The van der Waals surface area contributed by atoms with E-state index in [1.807, 2.05) is 18.5 Å². The fourth-order valence-electron chi connectivity index (χ4n) is 3.74. The number of nitrogens with one attached hydrogen (secondary N) is 2. The summed E-state index contributed by atoms with van der Waals surface area (Å²) in [5, 5.41) is 15.6. The molecule has 2 heterocycles. The fourth-order valence-corrected chi connectivity index (χ4v) is 3.74. The van der Waals surface area contributed by atoms with Crippen molar-refractivity contribution in [3.8, 4) is 0 Å². The average Bonchev–Trinajstić information content (AvgIpc) is 3.29. The van der Waals surface area contributed by atoms with Crippen LogP contribution in [0, 0.1) is 6.92 Å². The number of aliphatic imine (C=N–C) groups is 1. The van der Waals surface area contributed by atoms with E-state index in [4.69, 9.17) is 9.73 Å². The van der Waals surface area contributed by atoms with Gasteiger partial charge in [0.1, 0.15) is 12.4 Å². The van der Waals surface area contributed by atoms with E-state index in [2.05, 4.69) is 39.6 Å². The molecule has 2 fully saturated rings. The third-order valence-electron chi connectivity index (χ3n) is 5.81. The van der Waals surface area contributed by atoms with Gasteiger partial charge in [0.05, 0.1) is 13.2 Å². The van der Waals surface area contributed by atoms with Gasteiger partial charge >= 0.3 is 0 Å². The first-order chi connectivity index (χ1) is 13.0. The Bertz CT molecular complexity index is 628. The van der Waals surface area contributed by atoms with Gasteiger partial charge in [-0.25, -0.2) is 4.99 Å². The van der Waals surface area contributed by atoms with Crippen LogP contribution in [-0.2, 0) is 18.3 Å². The number of aryl methyl sites for hydroxylation is 1. The lowest BCUT2D eigenvalue weighted by molar-refractivity contribution is -0.00835. The average molecular weight is 378 g/mol. The molecule has 2 N–H and O–H groups in total. The van der Waals surface area contributed by atoms with Crippen LogP contribution in [-0.4, -0.2) is 70.1 Å². The standard InChI is InChI=1S/C19H35N7O/c1-15-23-24-17(25(15)4)13-20-18(22-16-7-5-6-8-16)21-14-19(2,3)26-9-11-27-12-10-26/h16H,5-14H2,1-4H3,(H2,20,21,22). The third-order valence-corrected chi connectivity index (χ3v) is 5.81. The number of guanidine groups is 1. The van der Waals surface area contributed by atoms with E-state index >= 15 is 0 Å². The molecule has 27 heavy (non-hydrogen) atoms. The molecule has 152 valence electrons. The molecule has 3 rings (SSSR count). The summed E-state index contributed by atoms with van der Waals surface area (Å²) in [5.41, 5.74) is 0.0449. The van der Waals surface area contributed by atoms with Crippen LogP contribution in [0.4, 0.5) is 0 Å². The van der Waals surface area contributed by atoms with Gasteiger partial charge in [0, 0.05) is 38.3 Å². The van der Waals surface area contributed by atoms with Gasteiger partial charge in [-0.05, 0) is 33.6 Å². The highest BCUT2D eigenvalue weighted by molar-refractivity contribution is 5.80. The molecule has 1 aliphatic heterocycles. The van der Waals surface area contributed by atoms with Crippen LogP contribution in [0.2, 0.25) is 0 Å². The molecule has 0 spiro atoms. The Kier molecular flexibility index (Phi) is 6.70. The summed E-state index contributed by atoms with van der Waals surface area (Å²) in [6.07, 6.45) is 5.03. The number of aromatic nitrogens is 3. The van der Waals surface area contributed by atoms with Gasteiger partial charge in [-0.3, -0.25) is 4.90 Å². The maximum absolute atomic E-state index is 5.50. The van der Waals surface area contributed by atoms with Crippen LogP contribution in [0.3, 0.4) is 0 Å². The molecule has 2 aliphatic rings. The van der Waals surface area contributed by atoms with Crippen LogP contribution in [0.1, 0.15) is 51.2 Å². The zero-order valence-corrected chi connectivity index (χ0v) is 17.3. The monoisotopic (exact) mass is 377 g/mol. The third kappa shape index (κ3) is 5.42. The van der Waals surface area contributed by atoms with Crippen molar-refractivity contribution in [2.75, 3.05) is 32.8 Å². The summed E-state index contributed by atoms with van der Waals surface area (Å²) >= 11 is 0. The van der Waals surface area contributed by atoms with Gasteiger partial charge in [0.25, 0.3) is 0 Å². The van der Waals surface area contributed by atoms with Crippen LogP contribution >= 0.6 is 0 Å². The Labute approximate surface area is 162 Å². The molecule has 0 radical (unpaired) electrons. The topological polar surface area (TPSA) is 79.6 Å². The minimum absolute atomic E-state index is 0.0449. The van der Waals surface area contributed by atoms with Gasteiger partial charge < -0.3 is 19.9 Å². The van der Waals surface area contributed by atoms with Crippen LogP contribution in [0.15, 0.2) is 4.99 Å². The number of morpholine rings is 1. The molecule has 8 heteroatoms. The van der Waals surface area contributed by atoms with Gasteiger partial charge in [-0.1, -0.05) is 12.8 Å². The normalized spacial score (nSPS) is 20.2. The molecule has 0 aromatic carbocycles. The second-order valence-electron chi connectivity index (χ2n) is 8.28. The smallest absolute Gasteiger partial charge is 0.191 e. The van der Waals surface area contributed by atoms with E-state index in [1.54, 1.807) is 0 Å². The lowest BCUT2D eigenvalue weighted by Crippen LogP contribution is -2.57. The largest absolute Gasteiger partial charge is 0.379 e. The van der Waals surface area contributed by atoms with Crippen molar-refractivity contribution in [1.82, 2.24) is 30.3 Å². The van der Waals surface area contributed by atoms with E-state index in [0.717, 1.165) is 50.5 Å². The molecule has 8 nitrogen and oxygen atoms in total. The summed E-state index contributed by atoms with van der Waals surface area (Å²) in [5.74, 6) is 2.67. The Morgan fingerprint density at radius 3 is 2.56 bits per heavy atom. The van der Waals surface area contributed by atoms with Gasteiger partial charge in [0.2, 0.25) is 0 Å². The lowest BCUT2D eigenvalue weighted by atomic mass is 10.0. The molecule has 1 aromatic heterocycles. The molecule has 1 saturated carbocycles. The van der Waals surface area contributed by atoms with Crippen LogP contribution < -0.4 is 10.6 Å². The first-order valence-corrected chi connectivity index (χ1v) is 10.2. The second kappa shape index (κ2) is 9.01. The molecule has 0 amide bonds. The lowest BCUT2D eigenvalue weighted by Gasteiger charge is -2.41. The highest BCUT2D eigenvalue weighted by atomic mass is 16.5. The number of hydrogen-bond donors (Lipinski definition) is 2. The highest BCUT2D eigenvalue weighted by Crippen LogP contribution is 2.18. The Hall–Kier alpha value is -1.67. The Morgan fingerprint density at radius 2 is 1.93 bits per heavy atom. The predicted molar refractivity (Wildman–Crippen MR) is 107 cm³/mol. The molecule has 1 aliphatic carbocycles. The summed E-state index contributed by atoms with van der Waals surface area (Å²) in [4.78, 5) is 7.30. The van der Waals surface area contributed by atoms with Crippen LogP contribution in [0.25, 0.3) is 0 Å². The molecule has 0 bridgehead atoms. The van der Waals surface area contributed by atoms with E-state index < -0.39 is 0 Å². The number of nitrogens with zero attached hydrogens (tertiary/aromatic N) is 5. The highest BCUT2D eigenvalue weighted by Gasteiger charge is 2.28. The molecule has 1 aromatic rings. The molecule has 0 unspecified atom stereocenters. The molecular formula is C19H35N7O. The fraction of sp³-hybridized carbons (Fsp3) is 0.842. The number of rotatable bonds is 6. The van der Waals surface area contributed by atoms with Crippen molar-refractivity contribution in [2.45, 2.75) is 64.6 Å². The van der Waals surface area contributed by atoms with E-state index in [1.165, 1.54) is 25.7 Å². The van der Waals surface area contributed by atoms with Gasteiger partial charge in [-0.2, -0.15) is 0 Å². The van der Waals surface area contributed by atoms with Crippen molar-refractivity contribution in [3.05, 3.63) is 11.6 Å². The number of hydrogen-bond acceptors (Lipinski definition) is 5. The zero-order chi connectivity index (χ0) is 19.3. The van der Waals surface area contributed by atoms with Crippen molar-refractivity contribution in [1.29, 1.82) is 0 Å². The zero-order valence-electron chi connectivity index (χ0n) is 17.3. The van der Waals surface area contributed by atoms with Crippen molar-refractivity contribution in [3.63, 3.8) is 0 Å². The quantitative estimate of drug-likeness (QED) is 0.573. The van der Waals surface area contributed by atoms with Crippen molar-refractivity contribution >= 4 is 5.96 Å². The molecular weight excluding hydrogens is 342 g/mol. The minimum atomic E-state index is 0.0449. The van der Waals surface area contributed by atoms with Crippen LogP contribution in [0.5, 0.6) is 0 Å². The summed E-state index contributed by atoms with van der Waals surface area (Å²) < 4.78 is 7.49. The first kappa shape index (κ1) is 20.1. The summed E-state index contributed by atoms with van der Waals surface area (Å²) in [6, 6.07) is 0.518. The van der Waals surface area contributed by atoms with Crippen molar-refractivity contribution < 1.29 is 4.74 Å². The second-order valence-corrected chi connectivity index (χ2v) is 8.28. The molecule has 1 saturated heterocycles. The van der Waals surface area contributed by atoms with Gasteiger partial charge in [0.15, 0.2) is 11.8 Å². The Morgan fingerprint density at radius 1 is 1.22 bits per heavy atom. The van der Waals surface area contributed by atoms with Crippen molar-refractivity contribution in [2.24, 2.45) is 12.0 Å². The van der Waals surface area contributed by atoms with E-state index in [-0.39, 0.29) is 5.54 Å². The van der Waals surface area contributed by atoms with E-state index in [0.29, 0.717) is 12.6 Å². The minimum Gasteiger partial charge on any atom is -0.379 e. The number of ether oxygens (including phenoxy) is 1. The van der Waals surface area contributed by atoms with Gasteiger partial charge in [-0.15, -0.1) is 10.2 Å². The SMILES string of the molecule is Cc1nnc(CN=C(NCC(C)(C)N2CCOCC2)NC2CCCC2)n1C. The maximum Gasteiger partial charge on any atom is 0.191 e. The van der Waals surface area contributed by atoms with E-state index in [9.17, 15) is 0 Å². The molecule has 0 atom stereocenters. The first-order valence-electron chi connectivity index (χ1n) is 10.2.